The summed E-state index contributed by atoms with van der Waals surface area (Å²) in [7, 11) is 0. The van der Waals surface area contributed by atoms with Crippen molar-refractivity contribution in [1.29, 1.82) is 5.26 Å². The summed E-state index contributed by atoms with van der Waals surface area (Å²) in [6.07, 6.45) is 2.48. The van der Waals surface area contributed by atoms with E-state index in [4.69, 9.17) is 10.00 Å². The highest BCUT2D eigenvalue weighted by atomic mass is 16.5. The van der Waals surface area contributed by atoms with E-state index in [0.29, 0.717) is 29.8 Å². The van der Waals surface area contributed by atoms with Gasteiger partial charge in [0.15, 0.2) is 6.23 Å². The van der Waals surface area contributed by atoms with Gasteiger partial charge in [-0.1, -0.05) is 13.0 Å². The van der Waals surface area contributed by atoms with Gasteiger partial charge in [0.25, 0.3) is 0 Å². The number of amides is 2. The molecule has 9 heteroatoms. The maximum Gasteiger partial charge on any atom is 0.315 e. The molecule has 1 saturated heterocycles. The number of benzene rings is 1. The lowest BCUT2D eigenvalue weighted by Crippen LogP contribution is -2.62. The summed E-state index contributed by atoms with van der Waals surface area (Å²) in [6, 6.07) is 10.9. The highest BCUT2D eigenvalue weighted by Crippen LogP contribution is 2.29. The second-order valence-corrected chi connectivity index (χ2v) is 7.06. The number of ether oxygens (including phenoxy) is 1. The van der Waals surface area contributed by atoms with E-state index >= 15 is 0 Å². The number of piperazine rings is 1. The van der Waals surface area contributed by atoms with Crippen LogP contribution in [0.3, 0.4) is 0 Å². The zero-order valence-corrected chi connectivity index (χ0v) is 17.0. The predicted molar refractivity (Wildman–Crippen MR) is 109 cm³/mol. The van der Waals surface area contributed by atoms with Crippen molar-refractivity contribution in [2.24, 2.45) is 0 Å². The molecular weight excluding hydrogens is 400 g/mol. The Morgan fingerprint density at radius 2 is 2.03 bits per heavy atom. The number of nitrogens with zero attached hydrogens (tertiary/aromatic N) is 4. The Balaban J connectivity index is 1.93. The molecule has 1 N–H and O–H groups in total. The van der Waals surface area contributed by atoms with Gasteiger partial charge >= 0.3 is 17.8 Å². The van der Waals surface area contributed by atoms with E-state index in [1.807, 2.05) is 13.0 Å². The zero-order chi connectivity index (χ0) is 22.4. The van der Waals surface area contributed by atoms with E-state index in [-0.39, 0.29) is 13.0 Å². The van der Waals surface area contributed by atoms with Gasteiger partial charge in [0.05, 0.1) is 30.6 Å². The Morgan fingerprint density at radius 3 is 2.61 bits per heavy atom. The van der Waals surface area contributed by atoms with Gasteiger partial charge < -0.3 is 14.7 Å². The Morgan fingerprint density at radius 1 is 1.29 bits per heavy atom. The normalized spacial score (nSPS) is 17.2. The van der Waals surface area contributed by atoms with E-state index in [0.717, 1.165) is 0 Å². The van der Waals surface area contributed by atoms with Gasteiger partial charge in [-0.25, -0.2) is 0 Å². The van der Waals surface area contributed by atoms with Gasteiger partial charge in [0.2, 0.25) is 0 Å². The quantitative estimate of drug-likeness (QED) is 0.645. The summed E-state index contributed by atoms with van der Waals surface area (Å²) < 4.78 is 6.00. The topological polar surface area (TPSA) is 124 Å². The molecule has 0 saturated carbocycles. The molecule has 2 amide bonds. The largest absolute Gasteiger partial charge is 0.481 e. The third-order valence-electron chi connectivity index (χ3n) is 4.94. The number of rotatable bonds is 8. The molecule has 0 spiro atoms. The Kier molecular flexibility index (Phi) is 6.82. The predicted octanol–water partition coefficient (Wildman–Crippen LogP) is 1.95. The minimum Gasteiger partial charge on any atom is -0.481 e. The molecule has 1 aromatic carbocycles. The molecule has 0 aliphatic carbocycles. The van der Waals surface area contributed by atoms with Gasteiger partial charge in [0, 0.05) is 18.9 Å². The van der Waals surface area contributed by atoms with Crippen molar-refractivity contribution in [2.45, 2.75) is 32.0 Å². The maximum absolute atomic E-state index is 12.9. The van der Waals surface area contributed by atoms with Crippen LogP contribution in [0, 0.1) is 11.3 Å². The SMILES string of the molecule is CCCN1C(=O)C(=O)N(C(CC(=O)O)c2cccnc2)CC1Oc1ccc(C#N)cc1. The number of aromatic nitrogens is 1. The first-order valence-corrected chi connectivity index (χ1v) is 9.84. The Hall–Kier alpha value is -3.93. The molecule has 31 heavy (non-hydrogen) atoms. The van der Waals surface area contributed by atoms with E-state index in [1.54, 1.807) is 42.6 Å². The summed E-state index contributed by atoms with van der Waals surface area (Å²) in [4.78, 5) is 43.9. The number of carbonyl (C=O) groups excluding carboxylic acids is 2. The molecule has 1 aromatic heterocycles. The summed E-state index contributed by atoms with van der Waals surface area (Å²) >= 11 is 0. The van der Waals surface area contributed by atoms with Gasteiger partial charge in [-0.15, -0.1) is 0 Å². The number of carbonyl (C=O) groups is 3. The van der Waals surface area contributed by atoms with Crippen LogP contribution in [0.4, 0.5) is 0 Å². The number of hydrogen-bond acceptors (Lipinski definition) is 6. The van der Waals surface area contributed by atoms with Crippen LogP contribution in [0.25, 0.3) is 0 Å². The van der Waals surface area contributed by atoms with E-state index in [1.165, 1.54) is 16.0 Å². The van der Waals surface area contributed by atoms with Crippen molar-refractivity contribution >= 4 is 17.8 Å². The molecule has 0 radical (unpaired) electrons. The van der Waals surface area contributed by atoms with Crippen LogP contribution in [0.1, 0.15) is 36.9 Å². The molecule has 1 aliphatic rings. The lowest BCUT2D eigenvalue weighted by molar-refractivity contribution is -0.169. The third kappa shape index (κ3) is 4.98. The minimum atomic E-state index is -1.10. The smallest absolute Gasteiger partial charge is 0.315 e. The number of carboxylic acid groups (broad SMARTS) is 1. The first-order valence-electron chi connectivity index (χ1n) is 9.84. The van der Waals surface area contributed by atoms with E-state index < -0.39 is 30.1 Å². The molecule has 160 valence electrons. The lowest BCUT2D eigenvalue weighted by Gasteiger charge is -2.42. The minimum absolute atomic E-state index is 0.00256. The Labute approximate surface area is 179 Å². The summed E-state index contributed by atoms with van der Waals surface area (Å²) in [5.41, 5.74) is 0.986. The van der Waals surface area contributed by atoms with Crippen LogP contribution < -0.4 is 4.74 Å². The molecule has 2 unspecified atom stereocenters. The second-order valence-electron chi connectivity index (χ2n) is 7.06. The average molecular weight is 422 g/mol. The third-order valence-corrected chi connectivity index (χ3v) is 4.94. The second kappa shape index (κ2) is 9.71. The first kappa shape index (κ1) is 21.8. The van der Waals surface area contributed by atoms with Crippen LogP contribution in [-0.4, -0.2) is 57.0 Å². The molecule has 9 nitrogen and oxygen atoms in total. The van der Waals surface area contributed by atoms with Crippen molar-refractivity contribution < 1.29 is 24.2 Å². The van der Waals surface area contributed by atoms with Crippen molar-refractivity contribution in [2.75, 3.05) is 13.1 Å². The fourth-order valence-electron chi connectivity index (χ4n) is 3.49. The lowest BCUT2D eigenvalue weighted by atomic mass is 10.0. The van der Waals surface area contributed by atoms with Gasteiger partial charge in [-0.2, -0.15) is 5.26 Å². The monoisotopic (exact) mass is 422 g/mol. The van der Waals surface area contributed by atoms with Crippen LogP contribution in [0.2, 0.25) is 0 Å². The highest BCUT2D eigenvalue weighted by Gasteiger charge is 2.43. The summed E-state index contributed by atoms with van der Waals surface area (Å²) in [5, 5.41) is 18.4. The van der Waals surface area contributed by atoms with Crippen molar-refractivity contribution in [3.63, 3.8) is 0 Å². The number of aliphatic carboxylic acids is 1. The molecule has 2 heterocycles. The number of hydrogen-bond donors (Lipinski definition) is 1. The first-order chi connectivity index (χ1) is 14.9. The van der Waals surface area contributed by atoms with Crippen LogP contribution >= 0.6 is 0 Å². The van der Waals surface area contributed by atoms with E-state index in [2.05, 4.69) is 4.98 Å². The number of pyridine rings is 1. The van der Waals surface area contributed by atoms with Crippen LogP contribution in [0.15, 0.2) is 48.8 Å². The summed E-state index contributed by atoms with van der Waals surface area (Å²) in [6.45, 7) is 2.19. The van der Waals surface area contributed by atoms with Crippen LogP contribution in [-0.2, 0) is 14.4 Å². The molecule has 1 fully saturated rings. The van der Waals surface area contributed by atoms with Gasteiger partial charge in [0.1, 0.15) is 5.75 Å². The van der Waals surface area contributed by atoms with Crippen molar-refractivity contribution in [3.8, 4) is 11.8 Å². The average Bonchev–Trinajstić information content (AvgIpc) is 2.78. The van der Waals surface area contributed by atoms with E-state index in [9.17, 15) is 19.5 Å². The van der Waals surface area contributed by atoms with Gasteiger partial charge in [-0.3, -0.25) is 24.3 Å². The zero-order valence-electron chi connectivity index (χ0n) is 17.0. The van der Waals surface area contributed by atoms with Crippen molar-refractivity contribution in [1.82, 2.24) is 14.8 Å². The molecule has 0 bridgehead atoms. The fourth-order valence-corrected chi connectivity index (χ4v) is 3.49. The Bertz CT molecular complexity index is 987. The number of nitriles is 1. The standard InChI is InChI=1S/C22H22N4O5/c1-2-10-25-19(31-17-7-5-15(12-23)6-8-17)14-26(22(30)21(25)29)18(11-20(27)28)16-4-3-9-24-13-16/h3-9,13,18-19H,2,10-11,14H2,1H3,(H,27,28). The van der Waals surface area contributed by atoms with Crippen LogP contribution in [0.5, 0.6) is 5.75 Å². The van der Waals surface area contributed by atoms with Crippen molar-refractivity contribution in [3.05, 3.63) is 59.9 Å². The molecule has 1 aliphatic heterocycles. The highest BCUT2D eigenvalue weighted by molar-refractivity contribution is 6.35. The fraction of sp³-hybridized carbons (Fsp3) is 0.318. The molecule has 2 aromatic rings. The molecular formula is C22H22N4O5. The molecule has 3 rings (SSSR count). The maximum atomic E-state index is 12.9. The number of carboxylic acids is 1. The summed E-state index contributed by atoms with van der Waals surface area (Å²) in [5.74, 6) is -2.19. The van der Waals surface area contributed by atoms with Gasteiger partial charge in [-0.05, 0) is 42.3 Å². The molecule has 2 atom stereocenters.